The van der Waals surface area contributed by atoms with E-state index in [1.807, 2.05) is 6.07 Å². The van der Waals surface area contributed by atoms with Gasteiger partial charge in [-0.3, -0.25) is 0 Å². The van der Waals surface area contributed by atoms with Crippen LogP contribution in [0.2, 0.25) is 0 Å². The fourth-order valence-corrected chi connectivity index (χ4v) is 1.94. The minimum Gasteiger partial charge on any atom is -0.497 e. The van der Waals surface area contributed by atoms with E-state index in [0.717, 1.165) is 24.5 Å². The van der Waals surface area contributed by atoms with Gasteiger partial charge in [-0.25, -0.2) is 0 Å². The van der Waals surface area contributed by atoms with Crippen molar-refractivity contribution in [2.75, 3.05) is 25.6 Å². The Balaban J connectivity index is 2.27. The average Bonchev–Trinajstić information content (AvgIpc) is 2.75. The Morgan fingerprint density at radius 2 is 2.35 bits per heavy atom. The molecule has 0 aromatic heterocycles. The molecule has 0 bridgehead atoms. The van der Waals surface area contributed by atoms with Crippen LogP contribution in [0.5, 0.6) is 5.75 Å². The zero-order valence-electron chi connectivity index (χ0n) is 10.1. The standard InChI is InChI=1S/C13H16N2O2/c1-13(5-6-17-9-13)15-12-7-11(16-2)4-3-10(12)8-14/h3-4,7,15H,5-6,9H2,1-2H3. The number of methoxy groups -OCH3 is 1. The van der Waals surface area contributed by atoms with E-state index in [2.05, 4.69) is 18.3 Å². The van der Waals surface area contributed by atoms with E-state index in [1.54, 1.807) is 19.2 Å². The molecule has 1 fully saturated rings. The smallest absolute Gasteiger partial charge is 0.121 e. The van der Waals surface area contributed by atoms with Crippen molar-refractivity contribution in [2.45, 2.75) is 18.9 Å². The van der Waals surface area contributed by atoms with Crippen LogP contribution in [-0.4, -0.2) is 25.9 Å². The lowest BCUT2D eigenvalue weighted by Crippen LogP contribution is -2.35. The second-order valence-corrected chi connectivity index (χ2v) is 4.51. The van der Waals surface area contributed by atoms with Gasteiger partial charge in [0.15, 0.2) is 0 Å². The highest BCUT2D eigenvalue weighted by Crippen LogP contribution is 2.28. The first-order valence-electron chi connectivity index (χ1n) is 5.61. The molecule has 1 N–H and O–H groups in total. The Bertz CT molecular complexity index is 445. The predicted octanol–water partition coefficient (Wildman–Crippen LogP) is 2.16. The molecule has 1 atom stereocenters. The Hall–Kier alpha value is -1.73. The molecule has 0 saturated carbocycles. The predicted molar refractivity (Wildman–Crippen MR) is 65.2 cm³/mol. The molecule has 0 aliphatic carbocycles. The van der Waals surface area contributed by atoms with E-state index in [-0.39, 0.29) is 5.54 Å². The number of nitrogens with one attached hydrogen (secondary N) is 1. The minimum absolute atomic E-state index is 0.0992. The summed E-state index contributed by atoms with van der Waals surface area (Å²) in [4.78, 5) is 0. The van der Waals surface area contributed by atoms with Gasteiger partial charge in [-0.1, -0.05) is 0 Å². The van der Waals surface area contributed by atoms with Gasteiger partial charge in [-0.2, -0.15) is 5.26 Å². The number of anilines is 1. The number of hydrogen-bond acceptors (Lipinski definition) is 4. The number of ether oxygens (including phenoxy) is 2. The van der Waals surface area contributed by atoms with Gasteiger partial charge in [0.05, 0.1) is 30.5 Å². The van der Waals surface area contributed by atoms with Gasteiger partial charge < -0.3 is 14.8 Å². The van der Waals surface area contributed by atoms with E-state index in [0.29, 0.717) is 12.2 Å². The van der Waals surface area contributed by atoms with Gasteiger partial charge in [0.2, 0.25) is 0 Å². The Kier molecular flexibility index (Phi) is 3.21. The van der Waals surface area contributed by atoms with Gasteiger partial charge in [-0.15, -0.1) is 0 Å². The molecule has 1 aliphatic heterocycles. The molecule has 1 heterocycles. The minimum atomic E-state index is -0.0992. The topological polar surface area (TPSA) is 54.3 Å². The van der Waals surface area contributed by atoms with Crippen molar-refractivity contribution >= 4 is 5.69 Å². The van der Waals surface area contributed by atoms with E-state index in [1.165, 1.54) is 0 Å². The van der Waals surface area contributed by atoms with Crippen molar-refractivity contribution in [2.24, 2.45) is 0 Å². The number of nitriles is 1. The second-order valence-electron chi connectivity index (χ2n) is 4.51. The molecule has 90 valence electrons. The van der Waals surface area contributed by atoms with Crippen molar-refractivity contribution in [1.29, 1.82) is 5.26 Å². The Morgan fingerprint density at radius 3 is 2.94 bits per heavy atom. The molecule has 0 radical (unpaired) electrons. The lowest BCUT2D eigenvalue weighted by molar-refractivity contribution is 0.185. The maximum atomic E-state index is 9.08. The van der Waals surface area contributed by atoms with Gasteiger partial charge in [0.1, 0.15) is 11.8 Å². The molecule has 1 aromatic carbocycles. The van der Waals surface area contributed by atoms with Crippen molar-refractivity contribution in [1.82, 2.24) is 0 Å². The van der Waals surface area contributed by atoms with Crippen molar-refractivity contribution in [3.63, 3.8) is 0 Å². The number of nitrogens with zero attached hydrogens (tertiary/aromatic N) is 1. The fourth-order valence-electron chi connectivity index (χ4n) is 1.94. The van der Waals surface area contributed by atoms with E-state index >= 15 is 0 Å². The zero-order chi connectivity index (χ0) is 12.3. The summed E-state index contributed by atoms with van der Waals surface area (Å²) in [6.45, 7) is 3.52. The summed E-state index contributed by atoms with van der Waals surface area (Å²) >= 11 is 0. The maximum absolute atomic E-state index is 9.08. The van der Waals surface area contributed by atoms with E-state index < -0.39 is 0 Å². The first kappa shape index (κ1) is 11.7. The van der Waals surface area contributed by atoms with Crippen LogP contribution in [0.1, 0.15) is 18.9 Å². The highest BCUT2D eigenvalue weighted by molar-refractivity contribution is 5.61. The summed E-state index contributed by atoms with van der Waals surface area (Å²) < 4.78 is 10.6. The molecule has 0 amide bonds. The number of rotatable bonds is 3. The number of benzene rings is 1. The average molecular weight is 232 g/mol. The van der Waals surface area contributed by atoms with Crippen LogP contribution < -0.4 is 10.1 Å². The number of hydrogen-bond donors (Lipinski definition) is 1. The molecule has 1 aromatic rings. The zero-order valence-corrected chi connectivity index (χ0v) is 10.1. The molecule has 1 unspecified atom stereocenters. The fraction of sp³-hybridized carbons (Fsp3) is 0.462. The SMILES string of the molecule is COc1ccc(C#N)c(NC2(C)CCOC2)c1. The summed E-state index contributed by atoms with van der Waals surface area (Å²) in [6.07, 6.45) is 0.940. The van der Waals surface area contributed by atoms with Crippen LogP contribution in [0.4, 0.5) is 5.69 Å². The third-order valence-electron chi connectivity index (χ3n) is 3.00. The summed E-state index contributed by atoms with van der Waals surface area (Å²) in [7, 11) is 1.62. The monoisotopic (exact) mass is 232 g/mol. The Labute approximate surface area is 101 Å². The first-order valence-corrected chi connectivity index (χ1v) is 5.61. The van der Waals surface area contributed by atoms with Crippen molar-refractivity contribution in [3.8, 4) is 11.8 Å². The maximum Gasteiger partial charge on any atom is 0.121 e. The second kappa shape index (κ2) is 4.64. The largest absolute Gasteiger partial charge is 0.497 e. The van der Waals surface area contributed by atoms with Crippen LogP contribution in [0.15, 0.2) is 18.2 Å². The van der Waals surface area contributed by atoms with Gasteiger partial charge in [-0.05, 0) is 25.5 Å². The molecule has 1 aliphatic rings. The Morgan fingerprint density at radius 1 is 1.53 bits per heavy atom. The molecule has 2 rings (SSSR count). The molecular weight excluding hydrogens is 216 g/mol. The third-order valence-corrected chi connectivity index (χ3v) is 3.00. The van der Waals surface area contributed by atoms with Gasteiger partial charge >= 0.3 is 0 Å². The van der Waals surface area contributed by atoms with Crippen LogP contribution in [0.3, 0.4) is 0 Å². The molecule has 17 heavy (non-hydrogen) atoms. The first-order chi connectivity index (χ1) is 8.17. The van der Waals surface area contributed by atoms with Crippen molar-refractivity contribution in [3.05, 3.63) is 23.8 Å². The summed E-state index contributed by atoms with van der Waals surface area (Å²) in [5, 5.41) is 12.5. The van der Waals surface area contributed by atoms with Gasteiger partial charge in [0, 0.05) is 12.7 Å². The third kappa shape index (κ3) is 2.51. The molecule has 4 heteroatoms. The van der Waals surface area contributed by atoms with Crippen LogP contribution in [-0.2, 0) is 4.74 Å². The quantitative estimate of drug-likeness (QED) is 0.867. The van der Waals surface area contributed by atoms with E-state index in [4.69, 9.17) is 14.7 Å². The van der Waals surface area contributed by atoms with E-state index in [9.17, 15) is 0 Å². The molecule has 1 saturated heterocycles. The van der Waals surface area contributed by atoms with Crippen LogP contribution >= 0.6 is 0 Å². The molecule has 4 nitrogen and oxygen atoms in total. The highest BCUT2D eigenvalue weighted by Gasteiger charge is 2.30. The summed E-state index contributed by atoms with van der Waals surface area (Å²) in [5.74, 6) is 0.744. The normalized spacial score (nSPS) is 23.1. The van der Waals surface area contributed by atoms with Crippen molar-refractivity contribution < 1.29 is 9.47 Å². The summed E-state index contributed by atoms with van der Waals surface area (Å²) in [5.41, 5.74) is 1.33. The lowest BCUT2D eigenvalue weighted by Gasteiger charge is -2.25. The highest BCUT2D eigenvalue weighted by atomic mass is 16.5. The lowest BCUT2D eigenvalue weighted by atomic mass is 10.0. The van der Waals surface area contributed by atoms with Gasteiger partial charge in [0.25, 0.3) is 0 Å². The molecule has 0 spiro atoms. The molecular formula is C13H16N2O2. The van der Waals surface area contributed by atoms with Crippen LogP contribution in [0.25, 0.3) is 0 Å². The summed E-state index contributed by atoms with van der Waals surface area (Å²) in [6, 6.07) is 7.58. The van der Waals surface area contributed by atoms with Crippen LogP contribution in [0, 0.1) is 11.3 Å².